The van der Waals surface area contributed by atoms with E-state index in [1.54, 1.807) is 19.9 Å². The Balaban J connectivity index is 2.21. The Labute approximate surface area is 176 Å². The smallest absolute Gasteiger partial charge is 0.259 e. The lowest BCUT2D eigenvalue weighted by atomic mass is 9.87. The molecule has 1 aliphatic rings. The van der Waals surface area contributed by atoms with E-state index in [0.717, 1.165) is 6.26 Å². The Kier molecular flexibility index (Phi) is 5.86. The zero-order valence-corrected chi connectivity index (χ0v) is 18.6. The van der Waals surface area contributed by atoms with E-state index in [0.29, 0.717) is 23.6 Å². The van der Waals surface area contributed by atoms with Crippen LogP contribution in [0, 0.1) is 0 Å². The zero-order chi connectivity index (χ0) is 21.4. The van der Waals surface area contributed by atoms with Crippen LogP contribution in [0.15, 0.2) is 26.0 Å². The summed E-state index contributed by atoms with van der Waals surface area (Å²) in [4.78, 5) is 24.9. The van der Waals surface area contributed by atoms with E-state index in [1.165, 1.54) is 6.07 Å². The minimum absolute atomic E-state index is 0.00264. The van der Waals surface area contributed by atoms with Gasteiger partial charge in [-0.05, 0) is 59.9 Å². The van der Waals surface area contributed by atoms with Crippen molar-refractivity contribution in [3.8, 4) is 11.6 Å². The number of ketones is 1. The van der Waals surface area contributed by atoms with Crippen molar-refractivity contribution in [1.29, 1.82) is 0 Å². The van der Waals surface area contributed by atoms with E-state index in [1.807, 2.05) is 0 Å². The Hall–Kier alpha value is -2.20. The van der Waals surface area contributed by atoms with Crippen LogP contribution in [-0.4, -0.2) is 45.1 Å². The summed E-state index contributed by atoms with van der Waals surface area (Å²) in [5.41, 5.74) is -0.867. The van der Waals surface area contributed by atoms with Crippen LogP contribution in [0.5, 0.6) is 11.6 Å². The van der Waals surface area contributed by atoms with Crippen LogP contribution in [0.3, 0.4) is 0 Å². The Morgan fingerprint density at radius 2 is 1.93 bits per heavy atom. The van der Waals surface area contributed by atoms with Crippen LogP contribution in [-0.2, 0) is 15.3 Å². The molecule has 156 valence electrons. The number of hydrogen-bond donors (Lipinski definition) is 0. The molecule has 0 unspecified atom stereocenters. The number of halogens is 1. The molecule has 0 saturated heterocycles. The number of carbonyl (C=O) groups is 2. The van der Waals surface area contributed by atoms with Crippen LogP contribution >= 0.6 is 15.9 Å². The van der Waals surface area contributed by atoms with E-state index < -0.39 is 21.0 Å². The van der Waals surface area contributed by atoms with E-state index >= 15 is 0 Å². The van der Waals surface area contributed by atoms with Crippen molar-refractivity contribution in [3.05, 3.63) is 33.5 Å². The summed E-state index contributed by atoms with van der Waals surface area (Å²) in [5.74, 6) is -0.382. The number of nitrogens with zero attached hydrogens (tertiary/aromatic N) is 1. The number of aldehydes is 1. The van der Waals surface area contributed by atoms with Gasteiger partial charge in [-0.2, -0.15) is 0 Å². The maximum Gasteiger partial charge on any atom is 0.259 e. The largest absolute Gasteiger partial charge is 0.491 e. The molecule has 1 heterocycles. The lowest BCUT2D eigenvalue weighted by Crippen LogP contribution is -2.25. The van der Waals surface area contributed by atoms with E-state index in [2.05, 4.69) is 21.1 Å². The fraction of sp³-hybridized carbons (Fsp3) is 0.421. The molecule has 10 heteroatoms. The van der Waals surface area contributed by atoms with Crippen molar-refractivity contribution >= 4 is 37.8 Å². The minimum atomic E-state index is -3.81. The predicted molar refractivity (Wildman–Crippen MR) is 107 cm³/mol. The predicted octanol–water partition coefficient (Wildman–Crippen LogP) is 3.37. The summed E-state index contributed by atoms with van der Waals surface area (Å²) < 4.78 is 41.6. The van der Waals surface area contributed by atoms with Crippen LogP contribution in [0.4, 0.5) is 0 Å². The van der Waals surface area contributed by atoms with Gasteiger partial charge in [-0.25, -0.2) is 8.42 Å². The van der Waals surface area contributed by atoms with Gasteiger partial charge in [-0.3, -0.25) is 9.59 Å². The second-order valence-electron chi connectivity index (χ2n) is 6.65. The lowest BCUT2D eigenvalue weighted by Gasteiger charge is -2.19. The molecule has 0 amide bonds. The second-order valence-corrected chi connectivity index (χ2v) is 9.45. The third-order valence-corrected chi connectivity index (χ3v) is 6.48. The lowest BCUT2D eigenvalue weighted by molar-refractivity contribution is 0.0939. The highest BCUT2D eigenvalue weighted by atomic mass is 79.9. The average molecular weight is 486 g/mol. The second kappa shape index (κ2) is 7.91. The van der Waals surface area contributed by atoms with Gasteiger partial charge in [0.1, 0.15) is 4.90 Å². The quantitative estimate of drug-likeness (QED) is 0.392. The summed E-state index contributed by atoms with van der Waals surface area (Å²) in [5, 5.41) is 3.76. The van der Waals surface area contributed by atoms with Gasteiger partial charge in [0.15, 0.2) is 27.7 Å². The summed E-state index contributed by atoms with van der Waals surface area (Å²) in [7, 11) is -3.81. The molecular weight excluding hydrogens is 466 g/mol. The van der Waals surface area contributed by atoms with E-state index in [4.69, 9.17) is 14.0 Å². The molecule has 0 spiro atoms. The van der Waals surface area contributed by atoms with Gasteiger partial charge < -0.3 is 14.0 Å². The van der Waals surface area contributed by atoms with Gasteiger partial charge in [0.25, 0.3) is 5.88 Å². The third-order valence-electron chi connectivity index (χ3n) is 4.71. The number of Topliss-reactive ketones (excluding diaryl/α,β-unsaturated/α-hetero) is 1. The molecule has 1 aromatic carbocycles. The average Bonchev–Trinajstić information content (AvgIpc) is 3.36. The maximum absolute atomic E-state index is 13.6. The number of sulfone groups is 1. The van der Waals surface area contributed by atoms with Crippen molar-refractivity contribution in [2.45, 2.75) is 37.0 Å². The zero-order valence-electron chi connectivity index (χ0n) is 16.2. The van der Waals surface area contributed by atoms with Gasteiger partial charge in [0, 0.05) is 11.8 Å². The van der Waals surface area contributed by atoms with Gasteiger partial charge in [-0.1, -0.05) is 0 Å². The first-order chi connectivity index (χ1) is 13.7. The SMILES string of the molecule is CCOc1noc(C=O)c1C1(C(=O)c2ccc(Br)c(OCC)c2S(C)(=O)=O)CC1. The highest BCUT2D eigenvalue weighted by Gasteiger charge is 2.57. The monoisotopic (exact) mass is 485 g/mol. The van der Waals surface area contributed by atoms with Gasteiger partial charge in [0.2, 0.25) is 5.76 Å². The van der Waals surface area contributed by atoms with Crippen molar-refractivity contribution in [3.63, 3.8) is 0 Å². The molecule has 2 aromatic rings. The highest BCUT2D eigenvalue weighted by molar-refractivity contribution is 9.10. The summed E-state index contributed by atoms with van der Waals surface area (Å²) in [6, 6.07) is 3.01. The van der Waals surface area contributed by atoms with Gasteiger partial charge in [-0.15, -0.1) is 0 Å². The molecule has 1 aliphatic carbocycles. The molecule has 29 heavy (non-hydrogen) atoms. The summed E-state index contributed by atoms with van der Waals surface area (Å²) in [6.07, 6.45) is 2.33. The number of hydrogen-bond acceptors (Lipinski definition) is 8. The fourth-order valence-corrected chi connectivity index (χ4v) is 5.02. The molecule has 8 nitrogen and oxygen atoms in total. The molecule has 1 aromatic heterocycles. The topological polar surface area (TPSA) is 113 Å². The van der Waals surface area contributed by atoms with Crippen LogP contribution in [0.1, 0.15) is 53.2 Å². The van der Waals surface area contributed by atoms with Gasteiger partial charge in [0.05, 0.1) is 28.7 Å². The van der Waals surface area contributed by atoms with Crippen molar-refractivity contribution in [2.75, 3.05) is 19.5 Å². The normalized spacial score (nSPS) is 15.0. The van der Waals surface area contributed by atoms with Crippen molar-refractivity contribution < 1.29 is 32.0 Å². The van der Waals surface area contributed by atoms with E-state index in [9.17, 15) is 18.0 Å². The number of rotatable bonds is 9. The first kappa shape index (κ1) is 21.5. The highest BCUT2D eigenvalue weighted by Crippen LogP contribution is 2.55. The van der Waals surface area contributed by atoms with Crippen molar-refractivity contribution in [1.82, 2.24) is 5.16 Å². The number of aromatic nitrogens is 1. The van der Waals surface area contributed by atoms with Crippen LogP contribution in [0.2, 0.25) is 0 Å². The van der Waals surface area contributed by atoms with E-state index in [-0.39, 0.29) is 46.6 Å². The standard InChI is InChI=1S/C19H20BrNO7S/c1-4-26-15-12(20)7-6-11(16(15)29(3,24)25)17(23)19(8-9-19)14-13(10-22)28-21-18(14)27-5-2/h6-7,10H,4-5,8-9H2,1-3H3. The Bertz CT molecular complexity index is 1070. The van der Waals surface area contributed by atoms with Gasteiger partial charge >= 0.3 is 0 Å². The Morgan fingerprint density at radius 3 is 2.45 bits per heavy atom. The van der Waals surface area contributed by atoms with Crippen LogP contribution in [0.25, 0.3) is 0 Å². The summed E-state index contributed by atoms with van der Waals surface area (Å²) in [6.45, 7) is 3.95. The molecule has 3 rings (SSSR count). The van der Waals surface area contributed by atoms with Crippen molar-refractivity contribution in [2.24, 2.45) is 0 Å². The molecule has 0 radical (unpaired) electrons. The number of ether oxygens (including phenoxy) is 2. The summed E-state index contributed by atoms with van der Waals surface area (Å²) >= 11 is 3.29. The Morgan fingerprint density at radius 1 is 1.28 bits per heavy atom. The molecule has 0 bridgehead atoms. The maximum atomic E-state index is 13.6. The fourth-order valence-electron chi connectivity index (χ4n) is 3.38. The minimum Gasteiger partial charge on any atom is -0.491 e. The first-order valence-electron chi connectivity index (χ1n) is 8.99. The molecule has 0 atom stereocenters. The molecule has 1 fully saturated rings. The number of benzene rings is 1. The van der Waals surface area contributed by atoms with Crippen LogP contribution < -0.4 is 9.47 Å². The molecule has 1 saturated carbocycles. The number of carbonyl (C=O) groups excluding carboxylic acids is 2. The molecular formula is C19H20BrNO7S. The first-order valence-corrected chi connectivity index (χ1v) is 11.7. The molecule has 0 N–H and O–H groups in total. The third kappa shape index (κ3) is 3.71. The molecule has 0 aliphatic heterocycles.